The molecule has 0 fully saturated rings. The van der Waals surface area contributed by atoms with Gasteiger partial charge in [0.25, 0.3) is 10.0 Å². The fraction of sp³-hybridized carbons (Fsp3) is 0.333. The number of hydrogen-bond donors (Lipinski definition) is 1. The first-order valence-corrected chi connectivity index (χ1v) is 15.1. The van der Waals surface area contributed by atoms with Crippen molar-refractivity contribution in [1.29, 1.82) is 0 Å². The molecule has 1 N–H and O–H groups in total. The normalized spacial score (nSPS) is 11.8. The molecule has 0 aliphatic carbocycles. The predicted molar refractivity (Wildman–Crippen MR) is 162 cm³/mol. The monoisotopic (exact) mass is 617 g/mol. The minimum absolute atomic E-state index is 0.0639. The Morgan fingerprint density at radius 1 is 0.905 bits per heavy atom. The van der Waals surface area contributed by atoms with Crippen LogP contribution in [0.2, 0.25) is 5.02 Å². The smallest absolute Gasteiger partial charge is 0.264 e. The van der Waals surface area contributed by atoms with Gasteiger partial charge in [0.2, 0.25) is 11.8 Å². The van der Waals surface area contributed by atoms with Crippen molar-refractivity contribution >= 4 is 39.1 Å². The average molecular weight is 618 g/mol. The summed E-state index contributed by atoms with van der Waals surface area (Å²) in [5.74, 6) is 0.273. The molecule has 0 aromatic heterocycles. The quantitative estimate of drug-likeness (QED) is 0.283. The molecule has 0 spiro atoms. The number of amides is 2. The van der Waals surface area contributed by atoms with Gasteiger partial charge >= 0.3 is 0 Å². The van der Waals surface area contributed by atoms with E-state index in [0.29, 0.717) is 23.1 Å². The number of hydrogen-bond acceptors (Lipinski definition) is 7. The van der Waals surface area contributed by atoms with Gasteiger partial charge < -0.3 is 24.4 Å². The van der Waals surface area contributed by atoms with Crippen molar-refractivity contribution in [3.63, 3.8) is 0 Å². The first kappa shape index (κ1) is 32.6. The van der Waals surface area contributed by atoms with E-state index < -0.39 is 28.5 Å². The van der Waals surface area contributed by atoms with Crippen molar-refractivity contribution in [2.45, 2.75) is 37.8 Å². The van der Waals surface area contributed by atoms with Crippen LogP contribution in [0.15, 0.2) is 71.6 Å². The number of halogens is 1. The SMILES string of the molecule is CCCNC(=O)[C@@H](C)N(Cc1ccc(OC)cc1)C(=O)CN(c1ccc(Cl)cc1)S(=O)(=O)c1ccc(OC)c(OC)c1. The number of nitrogens with one attached hydrogen (secondary N) is 1. The van der Waals surface area contributed by atoms with E-state index in [2.05, 4.69) is 5.32 Å². The van der Waals surface area contributed by atoms with Crippen LogP contribution in [0.3, 0.4) is 0 Å². The number of anilines is 1. The van der Waals surface area contributed by atoms with Crippen molar-refractivity contribution in [2.75, 3.05) is 38.7 Å². The van der Waals surface area contributed by atoms with Gasteiger partial charge in [-0.1, -0.05) is 30.7 Å². The third-order valence-corrected chi connectivity index (χ3v) is 8.59. The number of sulfonamides is 1. The second-order valence-electron chi connectivity index (χ2n) is 9.34. The number of ether oxygens (including phenoxy) is 3. The molecule has 0 heterocycles. The number of methoxy groups -OCH3 is 3. The fourth-order valence-corrected chi connectivity index (χ4v) is 5.70. The molecule has 12 heteroatoms. The van der Waals surface area contributed by atoms with Crippen LogP contribution < -0.4 is 23.8 Å². The van der Waals surface area contributed by atoms with Gasteiger partial charge in [0.05, 0.1) is 31.9 Å². The second-order valence-corrected chi connectivity index (χ2v) is 11.6. The topological polar surface area (TPSA) is 114 Å². The molecule has 3 rings (SSSR count). The van der Waals surface area contributed by atoms with Crippen molar-refractivity contribution in [3.8, 4) is 17.2 Å². The molecule has 0 aliphatic heterocycles. The van der Waals surface area contributed by atoms with E-state index in [-0.39, 0.29) is 28.8 Å². The highest BCUT2D eigenvalue weighted by Gasteiger charge is 2.33. The Morgan fingerprint density at radius 3 is 2.12 bits per heavy atom. The summed E-state index contributed by atoms with van der Waals surface area (Å²) < 4.78 is 44.9. The zero-order chi connectivity index (χ0) is 30.9. The third kappa shape index (κ3) is 7.86. The fourth-order valence-electron chi connectivity index (χ4n) is 4.15. The first-order valence-electron chi connectivity index (χ1n) is 13.3. The van der Waals surface area contributed by atoms with E-state index in [0.717, 1.165) is 16.3 Å². The Kier molecular flexibility index (Phi) is 11.5. The van der Waals surface area contributed by atoms with Gasteiger partial charge in [-0.15, -0.1) is 0 Å². The standard InChI is InChI=1S/C30H36ClN3O7S/c1-6-17-32-30(36)21(2)33(19-22-7-13-25(39-3)14-8-22)29(35)20-34(24-11-9-23(31)10-12-24)42(37,38)26-15-16-27(40-4)28(18-26)41-5/h7-16,18,21H,6,17,19-20H2,1-5H3,(H,32,36)/t21-/m1/s1. The maximum absolute atomic E-state index is 14.1. The highest BCUT2D eigenvalue weighted by molar-refractivity contribution is 7.92. The molecule has 226 valence electrons. The summed E-state index contributed by atoms with van der Waals surface area (Å²) in [7, 11) is 0.0897. The van der Waals surface area contributed by atoms with Crippen molar-refractivity contribution in [3.05, 3.63) is 77.3 Å². The molecule has 0 aliphatic rings. The predicted octanol–water partition coefficient (Wildman–Crippen LogP) is 4.50. The van der Waals surface area contributed by atoms with Crippen LogP contribution in [0.1, 0.15) is 25.8 Å². The Bertz CT molecular complexity index is 1470. The van der Waals surface area contributed by atoms with E-state index in [1.165, 1.54) is 61.6 Å². The van der Waals surface area contributed by atoms with E-state index in [1.807, 2.05) is 6.92 Å². The van der Waals surface area contributed by atoms with Gasteiger partial charge in [0, 0.05) is 24.2 Å². The largest absolute Gasteiger partial charge is 0.497 e. The zero-order valence-corrected chi connectivity index (χ0v) is 25.9. The average Bonchev–Trinajstić information content (AvgIpc) is 3.01. The molecule has 10 nitrogen and oxygen atoms in total. The summed E-state index contributed by atoms with van der Waals surface area (Å²) in [5, 5.41) is 3.22. The number of rotatable bonds is 14. The number of benzene rings is 3. The Labute approximate surface area is 252 Å². The minimum Gasteiger partial charge on any atom is -0.497 e. The molecule has 0 saturated carbocycles. The molecular formula is C30H36ClN3O7S. The molecule has 1 atom stereocenters. The van der Waals surface area contributed by atoms with Gasteiger partial charge in [-0.2, -0.15) is 0 Å². The molecule has 0 unspecified atom stereocenters. The molecule has 0 radical (unpaired) electrons. The molecule has 0 bridgehead atoms. The van der Waals surface area contributed by atoms with Crippen LogP contribution in [0.25, 0.3) is 0 Å². The van der Waals surface area contributed by atoms with Gasteiger partial charge in [-0.05, 0) is 67.4 Å². The van der Waals surface area contributed by atoms with Crippen LogP contribution in [-0.4, -0.2) is 65.6 Å². The minimum atomic E-state index is -4.31. The summed E-state index contributed by atoms with van der Waals surface area (Å²) in [6, 6.07) is 16.5. The second kappa shape index (κ2) is 14.8. The Balaban J connectivity index is 2.05. The van der Waals surface area contributed by atoms with Gasteiger partial charge in [0.1, 0.15) is 18.3 Å². The summed E-state index contributed by atoms with van der Waals surface area (Å²) >= 11 is 6.08. The summed E-state index contributed by atoms with van der Waals surface area (Å²) in [5.41, 5.74) is 0.954. The van der Waals surface area contributed by atoms with E-state index in [9.17, 15) is 18.0 Å². The third-order valence-electron chi connectivity index (χ3n) is 6.56. The van der Waals surface area contributed by atoms with E-state index >= 15 is 0 Å². The van der Waals surface area contributed by atoms with E-state index in [1.54, 1.807) is 38.3 Å². The number of nitrogens with zero attached hydrogens (tertiary/aromatic N) is 2. The Hall–Kier alpha value is -3.96. The van der Waals surface area contributed by atoms with Gasteiger partial charge in [-0.3, -0.25) is 13.9 Å². The highest BCUT2D eigenvalue weighted by atomic mass is 35.5. The molecule has 42 heavy (non-hydrogen) atoms. The van der Waals surface area contributed by atoms with E-state index in [4.69, 9.17) is 25.8 Å². The molecule has 2 amide bonds. The lowest BCUT2D eigenvalue weighted by Crippen LogP contribution is -2.51. The van der Waals surface area contributed by atoms with Crippen LogP contribution in [-0.2, 0) is 26.2 Å². The summed E-state index contributed by atoms with van der Waals surface area (Å²) in [6.07, 6.45) is 0.721. The maximum atomic E-state index is 14.1. The lowest BCUT2D eigenvalue weighted by atomic mass is 10.1. The van der Waals surface area contributed by atoms with Crippen molar-refractivity contribution < 1.29 is 32.2 Å². The maximum Gasteiger partial charge on any atom is 0.264 e. The van der Waals surface area contributed by atoms with Gasteiger partial charge in [-0.25, -0.2) is 8.42 Å². The lowest BCUT2D eigenvalue weighted by Gasteiger charge is -2.32. The molecule has 3 aromatic rings. The van der Waals surface area contributed by atoms with Gasteiger partial charge in [0.15, 0.2) is 11.5 Å². The summed E-state index contributed by atoms with van der Waals surface area (Å²) in [6.45, 7) is 3.46. The first-order chi connectivity index (χ1) is 20.0. The molecule has 0 saturated heterocycles. The van der Waals surface area contributed by atoms with Crippen LogP contribution >= 0.6 is 11.6 Å². The van der Waals surface area contributed by atoms with Crippen molar-refractivity contribution in [2.24, 2.45) is 0 Å². The molecule has 3 aromatic carbocycles. The highest BCUT2D eigenvalue weighted by Crippen LogP contribution is 2.32. The van der Waals surface area contributed by atoms with Crippen molar-refractivity contribution in [1.82, 2.24) is 10.2 Å². The van der Waals surface area contributed by atoms with Crippen LogP contribution in [0, 0.1) is 0 Å². The zero-order valence-electron chi connectivity index (χ0n) is 24.3. The Morgan fingerprint density at radius 2 is 1.55 bits per heavy atom. The molecular weight excluding hydrogens is 582 g/mol. The number of carbonyl (C=O) groups excluding carboxylic acids is 2. The lowest BCUT2D eigenvalue weighted by molar-refractivity contribution is -0.139. The number of carbonyl (C=O) groups is 2. The summed E-state index contributed by atoms with van der Waals surface area (Å²) in [4.78, 5) is 28.2. The van der Waals surface area contributed by atoms with Crippen LogP contribution in [0.4, 0.5) is 5.69 Å². The van der Waals surface area contributed by atoms with Crippen LogP contribution in [0.5, 0.6) is 17.2 Å².